The Morgan fingerprint density at radius 2 is 2.06 bits per heavy atom. The van der Waals surface area contributed by atoms with Crippen molar-refractivity contribution in [2.24, 2.45) is 0 Å². The Labute approximate surface area is 96.8 Å². The lowest BCUT2D eigenvalue weighted by molar-refractivity contribution is 0.268. The van der Waals surface area contributed by atoms with E-state index < -0.39 is 6.67 Å². The molecular formula is C13H20FNO. The second-order valence-electron chi connectivity index (χ2n) is 3.59. The molecule has 1 atom stereocenters. The van der Waals surface area contributed by atoms with Gasteiger partial charge < -0.3 is 10.1 Å². The third-order valence-electron chi connectivity index (χ3n) is 2.49. The minimum atomic E-state index is -0.452. The Morgan fingerprint density at radius 1 is 1.31 bits per heavy atom. The second-order valence-corrected chi connectivity index (χ2v) is 3.59. The first-order valence-electron chi connectivity index (χ1n) is 5.84. The number of alkyl halides is 1. The van der Waals surface area contributed by atoms with Crippen molar-refractivity contribution in [3.8, 4) is 5.75 Å². The Hall–Kier alpha value is -1.09. The van der Waals surface area contributed by atoms with Gasteiger partial charge in [-0.1, -0.05) is 32.0 Å². The normalized spacial score (nSPS) is 12.4. The van der Waals surface area contributed by atoms with Gasteiger partial charge in [-0.3, -0.25) is 0 Å². The fourth-order valence-corrected chi connectivity index (χ4v) is 1.77. The summed E-state index contributed by atoms with van der Waals surface area (Å²) in [6.07, 6.45) is 0.990. The van der Waals surface area contributed by atoms with Crippen LogP contribution < -0.4 is 10.1 Å². The average molecular weight is 225 g/mol. The molecule has 1 unspecified atom stereocenters. The maximum Gasteiger partial charge on any atom is 0.124 e. The van der Waals surface area contributed by atoms with Gasteiger partial charge >= 0.3 is 0 Å². The second kappa shape index (κ2) is 7.23. The van der Waals surface area contributed by atoms with E-state index in [2.05, 4.69) is 19.2 Å². The molecule has 0 aliphatic carbocycles. The van der Waals surface area contributed by atoms with Gasteiger partial charge in [0.1, 0.15) is 19.0 Å². The van der Waals surface area contributed by atoms with Gasteiger partial charge in [0.2, 0.25) is 0 Å². The predicted molar refractivity (Wildman–Crippen MR) is 64.6 cm³/mol. The lowest BCUT2D eigenvalue weighted by Crippen LogP contribution is -2.21. The zero-order valence-corrected chi connectivity index (χ0v) is 10.0. The summed E-state index contributed by atoms with van der Waals surface area (Å²) in [5.41, 5.74) is 1.11. The van der Waals surface area contributed by atoms with Crippen molar-refractivity contribution >= 4 is 0 Å². The molecule has 0 heterocycles. The number of halogens is 1. The number of nitrogens with one attached hydrogen (secondary N) is 1. The average Bonchev–Trinajstić information content (AvgIpc) is 2.34. The molecule has 0 spiro atoms. The van der Waals surface area contributed by atoms with Gasteiger partial charge in [0.15, 0.2) is 0 Å². The maximum absolute atomic E-state index is 12.1. The fraction of sp³-hybridized carbons (Fsp3) is 0.538. The van der Waals surface area contributed by atoms with Gasteiger partial charge in [0.05, 0.1) is 0 Å². The van der Waals surface area contributed by atoms with Crippen LogP contribution in [0.4, 0.5) is 4.39 Å². The molecule has 2 nitrogen and oxygen atoms in total. The lowest BCUT2D eigenvalue weighted by atomic mass is 10.0. The molecule has 16 heavy (non-hydrogen) atoms. The van der Waals surface area contributed by atoms with E-state index in [9.17, 15) is 4.39 Å². The first-order chi connectivity index (χ1) is 7.83. The van der Waals surface area contributed by atoms with Gasteiger partial charge in [0, 0.05) is 11.6 Å². The van der Waals surface area contributed by atoms with Crippen LogP contribution in [-0.2, 0) is 0 Å². The van der Waals surface area contributed by atoms with Crippen LogP contribution in [0.5, 0.6) is 5.75 Å². The molecular weight excluding hydrogens is 205 g/mol. The number of benzene rings is 1. The van der Waals surface area contributed by atoms with Crippen LogP contribution >= 0.6 is 0 Å². The summed E-state index contributed by atoms with van der Waals surface area (Å²) in [6, 6.07) is 8.10. The number of hydrogen-bond donors (Lipinski definition) is 1. The number of rotatable bonds is 7. The van der Waals surface area contributed by atoms with E-state index in [-0.39, 0.29) is 12.6 Å². The summed E-state index contributed by atoms with van der Waals surface area (Å²) < 4.78 is 17.5. The summed E-state index contributed by atoms with van der Waals surface area (Å²) >= 11 is 0. The highest BCUT2D eigenvalue weighted by Crippen LogP contribution is 2.26. The van der Waals surface area contributed by atoms with Crippen LogP contribution in [0.15, 0.2) is 24.3 Å². The summed E-state index contributed by atoms with van der Waals surface area (Å²) in [4.78, 5) is 0. The zero-order chi connectivity index (χ0) is 11.8. The zero-order valence-electron chi connectivity index (χ0n) is 10.0. The lowest BCUT2D eigenvalue weighted by Gasteiger charge is -2.19. The van der Waals surface area contributed by atoms with Gasteiger partial charge in [0.25, 0.3) is 0 Å². The number of hydrogen-bond acceptors (Lipinski definition) is 2. The number of ether oxygens (including phenoxy) is 1. The minimum absolute atomic E-state index is 0.125. The SMILES string of the molecule is CCNC(CC)c1ccccc1OCCF. The van der Waals surface area contributed by atoms with Gasteiger partial charge in [-0.2, -0.15) is 0 Å². The molecule has 0 saturated carbocycles. The highest BCUT2D eigenvalue weighted by molar-refractivity contribution is 5.35. The van der Waals surface area contributed by atoms with E-state index in [4.69, 9.17) is 4.74 Å². The van der Waals surface area contributed by atoms with Crippen molar-refractivity contribution in [2.75, 3.05) is 19.8 Å². The molecule has 0 aromatic heterocycles. The maximum atomic E-state index is 12.1. The molecule has 90 valence electrons. The highest BCUT2D eigenvalue weighted by Gasteiger charge is 2.12. The van der Waals surface area contributed by atoms with E-state index >= 15 is 0 Å². The van der Waals surface area contributed by atoms with Gasteiger partial charge in [-0.05, 0) is 19.0 Å². The van der Waals surface area contributed by atoms with Crippen molar-refractivity contribution in [1.82, 2.24) is 5.32 Å². The third kappa shape index (κ3) is 3.49. The van der Waals surface area contributed by atoms with Crippen LogP contribution in [-0.4, -0.2) is 19.8 Å². The largest absolute Gasteiger partial charge is 0.491 e. The van der Waals surface area contributed by atoms with E-state index in [0.29, 0.717) is 0 Å². The van der Waals surface area contributed by atoms with Crippen LogP contribution in [0.2, 0.25) is 0 Å². The Bertz CT molecular complexity index is 304. The molecule has 3 heteroatoms. The molecule has 0 aliphatic heterocycles. The van der Waals surface area contributed by atoms with Gasteiger partial charge in [-0.15, -0.1) is 0 Å². The molecule has 1 aromatic rings. The van der Waals surface area contributed by atoms with E-state index in [1.54, 1.807) is 0 Å². The standard InChI is InChI=1S/C13H20FNO/c1-3-12(15-4-2)11-7-5-6-8-13(11)16-10-9-14/h5-8,12,15H,3-4,9-10H2,1-2H3. The van der Waals surface area contributed by atoms with Crippen molar-refractivity contribution in [3.63, 3.8) is 0 Å². The summed E-state index contributed by atoms with van der Waals surface area (Å²) in [5, 5.41) is 3.39. The topological polar surface area (TPSA) is 21.3 Å². The first kappa shape index (κ1) is 13.0. The minimum Gasteiger partial charge on any atom is -0.491 e. The molecule has 0 amide bonds. The Kier molecular flexibility index (Phi) is 5.86. The predicted octanol–water partition coefficient (Wildman–Crippen LogP) is 3.10. The quantitative estimate of drug-likeness (QED) is 0.770. The Morgan fingerprint density at radius 3 is 2.69 bits per heavy atom. The van der Waals surface area contributed by atoms with E-state index in [1.807, 2.05) is 24.3 Å². The fourth-order valence-electron chi connectivity index (χ4n) is 1.77. The summed E-state index contributed by atoms with van der Waals surface area (Å²) in [5.74, 6) is 0.785. The molecule has 0 bridgehead atoms. The van der Waals surface area contributed by atoms with E-state index in [1.165, 1.54) is 0 Å². The molecule has 0 radical (unpaired) electrons. The Balaban J connectivity index is 2.82. The molecule has 1 aromatic carbocycles. The third-order valence-corrected chi connectivity index (χ3v) is 2.49. The molecule has 1 rings (SSSR count). The summed E-state index contributed by atoms with van der Waals surface area (Å²) in [6.45, 7) is 4.79. The highest BCUT2D eigenvalue weighted by atomic mass is 19.1. The summed E-state index contributed by atoms with van der Waals surface area (Å²) in [7, 11) is 0. The van der Waals surface area contributed by atoms with Crippen molar-refractivity contribution < 1.29 is 9.13 Å². The first-order valence-corrected chi connectivity index (χ1v) is 5.84. The van der Waals surface area contributed by atoms with Crippen LogP contribution in [0.3, 0.4) is 0 Å². The van der Waals surface area contributed by atoms with Crippen LogP contribution in [0.25, 0.3) is 0 Å². The monoisotopic (exact) mass is 225 g/mol. The van der Waals surface area contributed by atoms with Crippen molar-refractivity contribution in [2.45, 2.75) is 26.3 Å². The smallest absolute Gasteiger partial charge is 0.124 e. The van der Waals surface area contributed by atoms with Crippen molar-refractivity contribution in [1.29, 1.82) is 0 Å². The van der Waals surface area contributed by atoms with Crippen LogP contribution in [0, 0.1) is 0 Å². The molecule has 0 fully saturated rings. The van der Waals surface area contributed by atoms with Crippen molar-refractivity contribution in [3.05, 3.63) is 29.8 Å². The van der Waals surface area contributed by atoms with Crippen LogP contribution in [0.1, 0.15) is 31.9 Å². The van der Waals surface area contributed by atoms with Gasteiger partial charge in [-0.25, -0.2) is 4.39 Å². The molecule has 0 saturated heterocycles. The molecule has 1 N–H and O–H groups in total. The molecule has 0 aliphatic rings. The number of para-hydroxylation sites is 1. The van der Waals surface area contributed by atoms with E-state index in [0.717, 1.165) is 24.3 Å².